The van der Waals surface area contributed by atoms with E-state index < -0.39 is 11.9 Å². The number of nitrogens with zero attached hydrogens (tertiary/aromatic N) is 1. The van der Waals surface area contributed by atoms with Gasteiger partial charge in [0.25, 0.3) is 0 Å². The van der Waals surface area contributed by atoms with Gasteiger partial charge in [0.2, 0.25) is 0 Å². The number of guanidine groups is 1. The van der Waals surface area contributed by atoms with Crippen LogP contribution in [0.1, 0.15) is 110 Å². The van der Waals surface area contributed by atoms with Crippen LogP contribution in [0.2, 0.25) is 0 Å². The lowest BCUT2D eigenvalue weighted by molar-refractivity contribution is -0.138. The number of carbonyl (C=O) groups is 2. The van der Waals surface area contributed by atoms with E-state index in [0.29, 0.717) is 6.42 Å². The van der Waals surface area contributed by atoms with Gasteiger partial charge in [-0.15, -0.1) is 0 Å². The van der Waals surface area contributed by atoms with Gasteiger partial charge >= 0.3 is 11.9 Å². The predicted molar refractivity (Wildman–Crippen MR) is 119 cm³/mol. The molecule has 0 bridgehead atoms. The summed E-state index contributed by atoms with van der Waals surface area (Å²) >= 11 is 0. The van der Waals surface area contributed by atoms with Gasteiger partial charge in [-0.05, 0) is 6.42 Å². The molecule has 0 heterocycles. The van der Waals surface area contributed by atoms with Crippen LogP contribution in [-0.4, -0.2) is 46.6 Å². The second-order valence-corrected chi connectivity index (χ2v) is 7.73. The molecular formula is C22H45N3O4. The Morgan fingerprint density at radius 1 is 0.724 bits per heavy atom. The Bertz CT molecular complexity index is 417. The summed E-state index contributed by atoms with van der Waals surface area (Å²) in [4.78, 5) is 21.4. The summed E-state index contributed by atoms with van der Waals surface area (Å²) in [6.45, 7) is 2.04. The Balaban J connectivity index is 0. The summed E-state index contributed by atoms with van der Waals surface area (Å²) in [5, 5.41) is 23.4. The Labute approximate surface area is 177 Å². The minimum absolute atomic E-state index is 0.227. The van der Waals surface area contributed by atoms with Crippen LogP contribution in [0.5, 0.6) is 0 Å². The quantitative estimate of drug-likeness (QED) is 0.138. The summed E-state index contributed by atoms with van der Waals surface area (Å²) in [6, 6.07) is 0. The van der Waals surface area contributed by atoms with Gasteiger partial charge in [0, 0.05) is 13.5 Å². The Hall–Kier alpha value is -1.79. The lowest BCUT2D eigenvalue weighted by Gasteiger charge is -2.12. The molecule has 7 heteroatoms. The number of likely N-dealkylation sites (N-methyl/N-ethyl adjacent to an activating group) is 1. The highest BCUT2D eigenvalue weighted by atomic mass is 16.4. The molecule has 0 aromatic rings. The molecule has 0 aromatic heterocycles. The Morgan fingerprint density at radius 3 is 1.31 bits per heavy atom. The molecule has 0 aliphatic heterocycles. The molecule has 0 atom stereocenters. The van der Waals surface area contributed by atoms with Gasteiger partial charge in [-0.25, -0.2) is 0 Å². The fourth-order valence-electron chi connectivity index (χ4n) is 2.94. The van der Waals surface area contributed by atoms with Crippen molar-refractivity contribution in [2.75, 3.05) is 13.6 Å². The van der Waals surface area contributed by atoms with Gasteiger partial charge in [-0.2, -0.15) is 0 Å². The maximum atomic E-state index is 10.3. The molecule has 0 spiro atoms. The van der Waals surface area contributed by atoms with Crippen LogP contribution >= 0.6 is 0 Å². The van der Waals surface area contributed by atoms with E-state index >= 15 is 0 Å². The molecule has 5 N–H and O–H groups in total. The molecule has 0 radical (unpaired) electrons. The van der Waals surface area contributed by atoms with Crippen molar-refractivity contribution in [1.82, 2.24) is 4.90 Å². The van der Waals surface area contributed by atoms with E-state index in [1.807, 2.05) is 0 Å². The monoisotopic (exact) mass is 415 g/mol. The maximum Gasteiger partial charge on any atom is 0.323 e. The number of unbranched alkanes of at least 4 members (excludes halogenated alkanes) is 14. The van der Waals surface area contributed by atoms with Crippen LogP contribution in [-0.2, 0) is 9.59 Å². The van der Waals surface area contributed by atoms with Gasteiger partial charge in [0.05, 0.1) is 0 Å². The molecule has 0 amide bonds. The molecule has 29 heavy (non-hydrogen) atoms. The molecule has 7 nitrogen and oxygen atoms in total. The van der Waals surface area contributed by atoms with E-state index in [9.17, 15) is 9.59 Å². The minimum Gasteiger partial charge on any atom is -0.481 e. The molecule has 0 saturated heterocycles. The SMILES string of the molecule is CCCCCCCCCCCCCCCCCC(=O)O.CN(CC(=O)O)C(=N)N. The zero-order valence-electron chi connectivity index (χ0n) is 18.8. The largest absolute Gasteiger partial charge is 0.481 e. The van der Waals surface area contributed by atoms with Crippen molar-refractivity contribution >= 4 is 17.9 Å². The molecule has 0 aliphatic carbocycles. The van der Waals surface area contributed by atoms with Gasteiger partial charge in [-0.3, -0.25) is 15.0 Å². The lowest BCUT2D eigenvalue weighted by atomic mass is 10.0. The fraction of sp³-hybridized carbons (Fsp3) is 0.864. The van der Waals surface area contributed by atoms with E-state index in [1.54, 1.807) is 0 Å². The number of hydrogen-bond donors (Lipinski definition) is 4. The Morgan fingerprint density at radius 2 is 1.07 bits per heavy atom. The van der Waals surface area contributed by atoms with Gasteiger partial charge in [0.1, 0.15) is 6.54 Å². The third kappa shape index (κ3) is 28.5. The summed E-state index contributed by atoms with van der Waals surface area (Å²) in [6.07, 6.45) is 20.2. The maximum absolute atomic E-state index is 10.3. The number of rotatable bonds is 18. The summed E-state index contributed by atoms with van der Waals surface area (Å²) in [5.41, 5.74) is 4.93. The molecule has 0 aromatic carbocycles. The third-order valence-electron chi connectivity index (χ3n) is 4.78. The van der Waals surface area contributed by atoms with Crippen molar-refractivity contribution in [3.05, 3.63) is 0 Å². The normalized spacial score (nSPS) is 10.1. The van der Waals surface area contributed by atoms with Crippen LogP contribution in [0.15, 0.2) is 0 Å². The average Bonchev–Trinajstić information content (AvgIpc) is 2.64. The van der Waals surface area contributed by atoms with Crippen molar-refractivity contribution in [2.24, 2.45) is 5.73 Å². The average molecular weight is 416 g/mol. The van der Waals surface area contributed by atoms with Crippen molar-refractivity contribution in [3.8, 4) is 0 Å². The zero-order chi connectivity index (χ0) is 22.3. The first-order chi connectivity index (χ1) is 13.8. The van der Waals surface area contributed by atoms with Crippen LogP contribution in [0, 0.1) is 5.41 Å². The summed E-state index contributed by atoms with van der Waals surface area (Å²) in [5.74, 6) is -1.88. The van der Waals surface area contributed by atoms with Crippen LogP contribution in [0.4, 0.5) is 0 Å². The van der Waals surface area contributed by atoms with Crippen LogP contribution < -0.4 is 5.73 Å². The molecule has 172 valence electrons. The van der Waals surface area contributed by atoms with Crippen molar-refractivity contribution in [3.63, 3.8) is 0 Å². The van der Waals surface area contributed by atoms with Crippen molar-refractivity contribution in [1.29, 1.82) is 5.41 Å². The second kappa shape index (κ2) is 22.5. The number of nitrogens with two attached hydrogens (primary N) is 1. The van der Waals surface area contributed by atoms with Gasteiger partial charge < -0.3 is 20.8 Å². The highest BCUT2D eigenvalue weighted by molar-refractivity contribution is 5.79. The van der Waals surface area contributed by atoms with Gasteiger partial charge in [-0.1, -0.05) is 96.8 Å². The van der Waals surface area contributed by atoms with E-state index in [0.717, 1.165) is 17.7 Å². The van der Waals surface area contributed by atoms with E-state index in [2.05, 4.69) is 6.92 Å². The van der Waals surface area contributed by atoms with E-state index in [4.69, 9.17) is 21.4 Å². The highest BCUT2D eigenvalue weighted by Gasteiger charge is 2.03. The van der Waals surface area contributed by atoms with Gasteiger partial charge in [0.15, 0.2) is 5.96 Å². The first kappa shape index (κ1) is 29.4. The number of carboxylic acid groups (broad SMARTS) is 2. The molecule has 0 fully saturated rings. The van der Waals surface area contributed by atoms with E-state index in [1.165, 1.54) is 90.5 Å². The number of hydrogen-bond acceptors (Lipinski definition) is 3. The molecule has 0 aliphatic rings. The fourth-order valence-corrected chi connectivity index (χ4v) is 2.94. The molecule has 0 unspecified atom stereocenters. The van der Waals surface area contributed by atoms with Crippen LogP contribution in [0.3, 0.4) is 0 Å². The lowest BCUT2D eigenvalue weighted by Crippen LogP contribution is -2.36. The number of carboxylic acids is 2. The first-order valence-electron chi connectivity index (χ1n) is 11.3. The van der Waals surface area contributed by atoms with Crippen molar-refractivity contribution < 1.29 is 19.8 Å². The number of nitrogens with one attached hydrogen (secondary N) is 1. The standard InChI is InChI=1S/C18H36O2.C4H9N3O2/c1-2-3-4-5-6-7-8-9-10-11-12-13-14-15-16-17-18(19)20;1-7(4(5)6)2-3(8)9/h2-17H2,1H3,(H,19,20);2H2,1H3,(H3,5,6)(H,8,9). The minimum atomic E-state index is -0.993. The predicted octanol–water partition coefficient (Wildman–Crippen LogP) is 5.23. The summed E-state index contributed by atoms with van der Waals surface area (Å²) in [7, 11) is 1.44. The van der Waals surface area contributed by atoms with Crippen LogP contribution in [0.25, 0.3) is 0 Å². The Kier molecular flexibility index (Phi) is 22.8. The second-order valence-electron chi connectivity index (χ2n) is 7.73. The molecular weight excluding hydrogens is 370 g/mol. The van der Waals surface area contributed by atoms with Crippen molar-refractivity contribution in [2.45, 2.75) is 110 Å². The van der Waals surface area contributed by atoms with E-state index in [-0.39, 0.29) is 12.5 Å². The molecule has 0 saturated carbocycles. The summed E-state index contributed by atoms with van der Waals surface area (Å²) < 4.78 is 0. The third-order valence-corrected chi connectivity index (χ3v) is 4.78. The number of aliphatic carboxylic acids is 2. The first-order valence-corrected chi connectivity index (χ1v) is 11.3. The zero-order valence-corrected chi connectivity index (χ0v) is 18.8. The smallest absolute Gasteiger partial charge is 0.323 e. The highest BCUT2D eigenvalue weighted by Crippen LogP contribution is 2.13. The topological polar surface area (TPSA) is 128 Å². The molecule has 0 rings (SSSR count).